The number of aromatic nitrogens is 1. The Labute approximate surface area is 107 Å². The maximum Gasteiger partial charge on any atom is 0.417 e. The molecule has 1 aromatic rings. The Balaban J connectivity index is 2.82. The normalized spacial score (nSPS) is 11.2. The Morgan fingerprint density at radius 1 is 1.37 bits per heavy atom. The summed E-state index contributed by atoms with van der Waals surface area (Å²) in [5.41, 5.74) is 4.21. The predicted octanol–water partition coefficient (Wildman–Crippen LogP) is 0.934. The minimum absolute atomic E-state index is 0.0730. The van der Waals surface area contributed by atoms with Crippen LogP contribution in [-0.2, 0) is 22.3 Å². The average Bonchev–Trinajstić information content (AvgIpc) is 2.34. The summed E-state index contributed by atoms with van der Waals surface area (Å²) in [5, 5.41) is 0. The van der Waals surface area contributed by atoms with E-state index in [1.54, 1.807) is 6.92 Å². The topological polar surface area (TPSA) is 76.3 Å². The van der Waals surface area contributed by atoms with Gasteiger partial charge < -0.3 is 10.6 Å². The molecule has 0 saturated heterocycles. The molecule has 1 rings (SSSR count). The van der Waals surface area contributed by atoms with Gasteiger partial charge in [-0.2, -0.15) is 13.2 Å². The van der Waals surface area contributed by atoms with Crippen molar-refractivity contribution < 1.29 is 22.8 Å². The van der Waals surface area contributed by atoms with E-state index in [1.807, 2.05) is 0 Å². The van der Waals surface area contributed by atoms with E-state index < -0.39 is 23.6 Å². The van der Waals surface area contributed by atoms with E-state index in [2.05, 4.69) is 4.98 Å². The van der Waals surface area contributed by atoms with Crippen LogP contribution in [0.5, 0.6) is 0 Å². The number of hydrogen-bond acceptors (Lipinski definition) is 3. The molecule has 0 radical (unpaired) electrons. The molecule has 0 spiro atoms. The standard InChI is InChI=1S/C11H12F3N3O2/c1-2-17(10(19)9(15)18)6-8-4-3-7(5-16-8)11(12,13)14/h3-5H,2,6H2,1H3,(H2,15,18). The van der Waals surface area contributed by atoms with Crippen molar-refractivity contribution in [3.05, 3.63) is 29.6 Å². The van der Waals surface area contributed by atoms with E-state index in [-0.39, 0.29) is 18.8 Å². The monoisotopic (exact) mass is 275 g/mol. The van der Waals surface area contributed by atoms with Gasteiger partial charge in [-0.15, -0.1) is 0 Å². The second-order valence-corrected chi connectivity index (χ2v) is 3.72. The molecule has 0 aliphatic rings. The van der Waals surface area contributed by atoms with Crippen LogP contribution in [0.25, 0.3) is 0 Å². The number of primary amides is 1. The largest absolute Gasteiger partial charge is 0.417 e. The summed E-state index contributed by atoms with van der Waals surface area (Å²) in [4.78, 5) is 26.8. The summed E-state index contributed by atoms with van der Waals surface area (Å²) in [6.45, 7) is 1.74. The first kappa shape index (κ1) is 14.9. The molecule has 8 heteroatoms. The fourth-order valence-corrected chi connectivity index (χ4v) is 1.36. The highest BCUT2D eigenvalue weighted by Crippen LogP contribution is 2.28. The highest BCUT2D eigenvalue weighted by Gasteiger charge is 2.30. The zero-order valence-electron chi connectivity index (χ0n) is 10.1. The highest BCUT2D eigenvalue weighted by molar-refractivity contribution is 6.34. The van der Waals surface area contributed by atoms with E-state index in [0.717, 1.165) is 17.0 Å². The van der Waals surface area contributed by atoms with Crippen molar-refractivity contribution in [3.8, 4) is 0 Å². The molecule has 0 aliphatic heterocycles. The number of alkyl halides is 3. The van der Waals surface area contributed by atoms with Crippen LogP contribution in [0.4, 0.5) is 13.2 Å². The summed E-state index contributed by atoms with van der Waals surface area (Å²) in [7, 11) is 0. The van der Waals surface area contributed by atoms with Crippen molar-refractivity contribution in [3.63, 3.8) is 0 Å². The van der Waals surface area contributed by atoms with Gasteiger partial charge in [0.05, 0.1) is 17.8 Å². The van der Waals surface area contributed by atoms with Crippen molar-refractivity contribution in [1.82, 2.24) is 9.88 Å². The van der Waals surface area contributed by atoms with E-state index in [4.69, 9.17) is 5.73 Å². The van der Waals surface area contributed by atoms with Gasteiger partial charge in [-0.05, 0) is 19.1 Å². The highest BCUT2D eigenvalue weighted by atomic mass is 19.4. The molecule has 0 saturated carbocycles. The van der Waals surface area contributed by atoms with E-state index in [9.17, 15) is 22.8 Å². The van der Waals surface area contributed by atoms with Gasteiger partial charge in [-0.1, -0.05) is 0 Å². The number of nitrogens with two attached hydrogens (primary N) is 1. The molecule has 0 aliphatic carbocycles. The fraction of sp³-hybridized carbons (Fsp3) is 0.364. The van der Waals surface area contributed by atoms with Crippen LogP contribution in [0, 0.1) is 0 Å². The Morgan fingerprint density at radius 3 is 2.37 bits per heavy atom. The van der Waals surface area contributed by atoms with Crippen molar-refractivity contribution in [2.45, 2.75) is 19.6 Å². The zero-order valence-corrected chi connectivity index (χ0v) is 10.1. The Bertz CT molecular complexity index is 471. The number of nitrogens with zero attached hydrogens (tertiary/aromatic N) is 2. The van der Waals surface area contributed by atoms with Crippen molar-refractivity contribution in [1.29, 1.82) is 0 Å². The van der Waals surface area contributed by atoms with E-state index in [1.165, 1.54) is 0 Å². The molecule has 0 atom stereocenters. The van der Waals surface area contributed by atoms with Crippen LogP contribution < -0.4 is 5.73 Å². The van der Waals surface area contributed by atoms with Gasteiger partial charge in [0.25, 0.3) is 0 Å². The third-order valence-corrected chi connectivity index (χ3v) is 2.38. The third kappa shape index (κ3) is 3.94. The minimum atomic E-state index is -4.46. The molecule has 19 heavy (non-hydrogen) atoms. The summed E-state index contributed by atoms with van der Waals surface area (Å²) < 4.78 is 36.9. The van der Waals surface area contributed by atoms with Crippen molar-refractivity contribution in [2.75, 3.05) is 6.54 Å². The van der Waals surface area contributed by atoms with Crippen LogP contribution in [0.3, 0.4) is 0 Å². The first-order chi connectivity index (χ1) is 8.75. The molecule has 0 aromatic carbocycles. The smallest absolute Gasteiger partial charge is 0.361 e. The van der Waals surface area contributed by atoms with Crippen LogP contribution in [0.15, 0.2) is 18.3 Å². The van der Waals surface area contributed by atoms with Gasteiger partial charge in [0.1, 0.15) is 0 Å². The molecule has 0 fully saturated rings. The predicted molar refractivity (Wildman–Crippen MR) is 59.5 cm³/mol. The number of amides is 2. The molecule has 5 nitrogen and oxygen atoms in total. The summed E-state index contributed by atoms with van der Waals surface area (Å²) in [6, 6.07) is 2.02. The van der Waals surface area contributed by atoms with Gasteiger partial charge in [-0.25, -0.2) is 0 Å². The number of pyridine rings is 1. The van der Waals surface area contributed by atoms with Gasteiger partial charge in [-0.3, -0.25) is 14.6 Å². The Hall–Kier alpha value is -2.12. The van der Waals surface area contributed by atoms with Crippen LogP contribution in [0.2, 0.25) is 0 Å². The third-order valence-electron chi connectivity index (χ3n) is 2.38. The van der Waals surface area contributed by atoms with E-state index in [0.29, 0.717) is 6.20 Å². The number of hydrogen-bond donors (Lipinski definition) is 1. The molecule has 104 valence electrons. The Kier molecular flexibility index (Phi) is 4.47. The maximum atomic E-state index is 12.3. The maximum absolute atomic E-state index is 12.3. The Morgan fingerprint density at radius 2 is 2.00 bits per heavy atom. The first-order valence-corrected chi connectivity index (χ1v) is 5.36. The lowest BCUT2D eigenvalue weighted by Crippen LogP contribution is -2.39. The van der Waals surface area contributed by atoms with Crippen LogP contribution in [-0.4, -0.2) is 28.2 Å². The molecule has 1 aromatic heterocycles. The van der Waals surface area contributed by atoms with Crippen LogP contribution >= 0.6 is 0 Å². The molecule has 0 bridgehead atoms. The van der Waals surface area contributed by atoms with Gasteiger partial charge in [0.2, 0.25) is 0 Å². The van der Waals surface area contributed by atoms with Gasteiger partial charge >= 0.3 is 18.0 Å². The lowest BCUT2D eigenvalue weighted by atomic mass is 10.2. The first-order valence-electron chi connectivity index (χ1n) is 5.36. The number of halogens is 3. The molecular weight excluding hydrogens is 263 g/mol. The summed E-state index contributed by atoms with van der Waals surface area (Å²) in [6.07, 6.45) is -3.78. The number of carbonyl (C=O) groups excluding carboxylic acids is 2. The van der Waals surface area contributed by atoms with Crippen molar-refractivity contribution >= 4 is 11.8 Å². The van der Waals surface area contributed by atoms with Crippen molar-refractivity contribution in [2.24, 2.45) is 5.73 Å². The fourth-order valence-electron chi connectivity index (χ4n) is 1.36. The lowest BCUT2D eigenvalue weighted by molar-refractivity contribution is -0.144. The number of rotatable bonds is 3. The SMILES string of the molecule is CCN(Cc1ccc(C(F)(F)F)cn1)C(=O)C(N)=O. The summed E-state index contributed by atoms with van der Waals surface area (Å²) >= 11 is 0. The quantitative estimate of drug-likeness (QED) is 0.834. The molecule has 2 N–H and O–H groups in total. The summed E-state index contributed by atoms with van der Waals surface area (Å²) in [5.74, 6) is -2.02. The zero-order chi connectivity index (χ0) is 14.6. The van der Waals surface area contributed by atoms with E-state index >= 15 is 0 Å². The van der Waals surface area contributed by atoms with Crippen LogP contribution in [0.1, 0.15) is 18.2 Å². The average molecular weight is 275 g/mol. The second kappa shape index (κ2) is 5.68. The molecular formula is C11H12F3N3O2. The van der Waals surface area contributed by atoms with Gasteiger partial charge in [0.15, 0.2) is 0 Å². The lowest BCUT2D eigenvalue weighted by Gasteiger charge is -2.18. The second-order valence-electron chi connectivity index (χ2n) is 3.72. The van der Waals surface area contributed by atoms with Gasteiger partial charge in [0, 0.05) is 12.7 Å². The molecule has 1 heterocycles. The number of carbonyl (C=O) groups is 2. The minimum Gasteiger partial charge on any atom is -0.361 e. The number of likely N-dealkylation sites (N-methyl/N-ethyl adjacent to an activating group) is 1. The molecule has 2 amide bonds. The molecule has 0 unspecified atom stereocenters.